The van der Waals surface area contributed by atoms with Crippen LogP contribution in [-0.2, 0) is 28.8 Å². The smallest absolute Gasteiger partial charge is 0.414 e. The number of nitrogens with zero attached hydrogens (tertiary/aromatic N) is 2. The summed E-state index contributed by atoms with van der Waals surface area (Å²) < 4.78 is 0. The molecule has 28 heavy (non-hydrogen) atoms. The van der Waals surface area contributed by atoms with Gasteiger partial charge in [-0.15, -0.1) is 0 Å². The van der Waals surface area contributed by atoms with Crippen LogP contribution in [0, 0.1) is 0 Å². The first kappa shape index (κ1) is 28.1. The van der Waals surface area contributed by atoms with Crippen LogP contribution in [0.15, 0.2) is 37.4 Å². The Kier molecular flexibility index (Phi) is 18.6. The average molecular weight is 406 g/mol. The Morgan fingerprint density at radius 3 is 0.750 bits per heavy atom. The standard InChI is InChI=1S/2C3H4N2.3C2H2O4/c2*1-2-5-3-4-1;3*3-1(4)2(5)6/h2*1-3H,(H,4,5);3*(H,3,4)(H,5,6). The van der Waals surface area contributed by atoms with Crippen LogP contribution in [0.2, 0.25) is 0 Å². The molecule has 0 aliphatic carbocycles. The van der Waals surface area contributed by atoms with Crippen LogP contribution in [0.5, 0.6) is 0 Å². The number of rotatable bonds is 0. The van der Waals surface area contributed by atoms with Gasteiger partial charge in [0, 0.05) is 24.8 Å². The molecule has 0 aromatic carbocycles. The fraction of sp³-hybridized carbons (Fsp3) is 0. The van der Waals surface area contributed by atoms with E-state index in [4.69, 9.17) is 59.4 Å². The quantitative estimate of drug-likeness (QED) is 0.226. The maximum atomic E-state index is 9.10. The summed E-state index contributed by atoms with van der Waals surface area (Å²) >= 11 is 0. The molecule has 2 aromatic rings. The average Bonchev–Trinajstić information content (AvgIpc) is 3.34. The lowest BCUT2D eigenvalue weighted by Crippen LogP contribution is -2.09. The highest BCUT2D eigenvalue weighted by Gasteiger charge is 2.04. The Morgan fingerprint density at radius 1 is 0.500 bits per heavy atom. The molecule has 2 heterocycles. The summed E-state index contributed by atoms with van der Waals surface area (Å²) in [5.41, 5.74) is 0. The van der Waals surface area contributed by atoms with Crippen LogP contribution in [0.1, 0.15) is 0 Å². The van der Waals surface area contributed by atoms with Gasteiger partial charge in [-0.25, -0.2) is 38.7 Å². The van der Waals surface area contributed by atoms with Gasteiger partial charge in [0.1, 0.15) is 0 Å². The highest BCUT2D eigenvalue weighted by Crippen LogP contribution is 1.63. The van der Waals surface area contributed by atoms with Gasteiger partial charge in [0.05, 0.1) is 12.7 Å². The minimum Gasteiger partial charge on any atom is -0.473 e. The van der Waals surface area contributed by atoms with Crippen LogP contribution in [0.25, 0.3) is 0 Å². The van der Waals surface area contributed by atoms with Crippen molar-refractivity contribution >= 4 is 35.8 Å². The van der Waals surface area contributed by atoms with Gasteiger partial charge in [-0.3, -0.25) is 0 Å². The van der Waals surface area contributed by atoms with E-state index < -0.39 is 35.8 Å². The fourth-order valence-electron chi connectivity index (χ4n) is 0.430. The highest BCUT2D eigenvalue weighted by atomic mass is 16.5. The van der Waals surface area contributed by atoms with Crippen molar-refractivity contribution in [3.63, 3.8) is 0 Å². The molecule has 8 N–H and O–H groups in total. The molecule has 2 rings (SSSR count). The topological polar surface area (TPSA) is 281 Å². The SMILES string of the molecule is O=C(O)C(=O)O.O=C(O)C(=O)O.O=C(O)C(=O)O.c1c[nH]cn1.c1c[nH]cn1. The van der Waals surface area contributed by atoms with Crippen molar-refractivity contribution in [2.75, 3.05) is 0 Å². The second kappa shape index (κ2) is 18.6. The molecule has 0 aliphatic rings. The van der Waals surface area contributed by atoms with Crippen LogP contribution >= 0.6 is 0 Å². The molecule has 2 aromatic heterocycles. The zero-order valence-corrected chi connectivity index (χ0v) is 13.5. The Labute approximate surface area is 153 Å². The first-order valence-corrected chi connectivity index (χ1v) is 6.17. The van der Waals surface area contributed by atoms with Gasteiger partial charge in [-0.05, 0) is 0 Å². The minimum atomic E-state index is -1.82. The summed E-state index contributed by atoms with van der Waals surface area (Å²) in [4.78, 5) is 67.4. The molecule has 0 saturated carbocycles. The Bertz CT molecular complexity index is 557. The van der Waals surface area contributed by atoms with E-state index in [1.807, 2.05) is 0 Å². The lowest BCUT2D eigenvalue weighted by atomic mass is 10.7. The number of imidazole rings is 2. The van der Waals surface area contributed by atoms with Gasteiger partial charge in [0.2, 0.25) is 0 Å². The molecule has 0 radical (unpaired) electrons. The van der Waals surface area contributed by atoms with E-state index in [1.54, 1.807) is 37.4 Å². The third kappa shape index (κ3) is 29.3. The molecular weight excluding hydrogens is 392 g/mol. The molecule has 154 valence electrons. The number of carboxylic acids is 6. The van der Waals surface area contributed by atoms with Crippen LogP contribution < -0.4 is 0 Å². The molecule has 0 fully saturated rings. The van der Waals surface area contributed by atoms with E-state index >= 15 is 0 Å². The third-order valence-electron chi connectivity index (χ3n) is 1.36. The van der Waals surface area contributed by atoms with Crippen molar-refractivity contribution in [1.82, 2.24) is 19.9 Å². The molecule has 0 atom stereocenters. The first-order valence-electron chi connectivity index (χ1n) is 6.17. The van der Waals surface area contributed by atoms with Gasteiger partial charge < -0.3 is 40.6 Å². The summed E-state index contributed by atoms with van der Waals surface area (Å²) in [6.07, 6.45) is 10.2. The first-order chi connectivity index (χ1) is 12.9. The van der Waals surface area contributed by atoms with Gasteiger partial charge in [-0.2, -0.15) is 0 Å². The van der Waals surface area contributed by atoms with Gasteiger partial charge in [0.15, 0.2) is 0 Å². The molecule has 0 aliphatic heterocycles. The van der Waals surface area contributed by atoms with Crippen LogP contribution in [0.4, 0.5) is 0 Å². The number of aromatic nitrogens is 4. The number of nitrogens with one attached hydrogen (secondary N) is 2. The van der Waals surface area contributed by atoms with Gasteiger partial charge >= 0.3 is 35.8 Å². The minimum absolute atomic E-state index is 1.62. The van der Waals surface area contributed by atoms with Crippen LogP contribution in [0.3, 0.4) is 0 Å². The predicted octanol–water partition coefficient (Wildman–Crippen LogP) is -1.71. The van der Waals surface area contributed by atoms with Crippen molar-refractivity contribution in [3.8, 4) is 0 Å². The lowest BCUT2D eigenvalue weighted by molar-refractivity contribution is -0.159. The van der Waals surface area contributed by atoms with Crippen molar-refractivity contribution in [3.05, 3.63) is 37.4 Å². The molecule has 16 nitrogen and oxygen atoms in total. The highest BCUT2D eigenvalue weighted by molar-refractivity contribution is 6.28. The third-order valence-corrected chi connectivity index (χ3v) is 1.36. The van der Waals surface area contributed by atoms with E-state index in [0.29, 0.717) is 0 Å². The molecule has 0 unspecified atom stereocenters. The van der Waals surface area contributed by atoms with Gasteiger partial charge in [0.25, 0.3) is 0 Å². The Balaban J connectivity index is -0.000000279. The molecular formula is C12H14N4O12. The zero-order chi connectivity index (χ0) is 22.5. The fourth-order valence-corrected chi connectivity index (χ4v) is 0.430. The monoisotopic (exact) mass is 406 g/mol. The summed E-state index contributed by atoms with van der Waals surface area (Å²) in [5, 5.41) is 44.3. The van der Waals surface area contributed by atoms with Crippen molar-refractivity contribution in [2.45, 2.75) is 0 Å². The number of hydrogen-bond donors (Lipinski definition) is 8. The molecule has 0 amide bonds. The number of carboxylic acid groups (broad SMARTS) is 6. The Hall–Kier alpha value is -4.76. The molecule has 0 spiro atoms. The van der Waals surface area contributed by atoms with Crippen molar-refractivity contribution < 1.29 is 59.4 Å². The second-order valence-corrected chi connectivity index (χ2v) is 3.35. The summed E-state index contributed by atoms with van der Waals surface area (Å²) in [6, 6.07) is 0. The second-order valence-electron chi connectivity index (χ2n) is 3.35. The molecule has 0 saturated heterocycles. The molecule has 0 bridgehead atoms. The van der Waals surface area contributed by atoms with Crippen LogP contribution in [-0.4, -0.2) is 86.4 Å². The van der Waals surface area contributed by atoms with E-state index in [9.17, 15) is 0 Å². The normalized spacial score (nSPS) is 7.57. The number of aliphatic carboxylic acids is 6. The number of H-pyrrole nitrogens is 2. The summed E-state index contributed by atoms with van der Waals surface area (Å²) in [7, 11) is 0. The van der Waals surface area contributed by atoms with E-state index in [-0.39, 0.29) is 0 Å². The number of carbonyl (C=O) groups is 6. The lowest BCUT2D eigenvalue weighted by Gasteiger charge is -1.72. The Morgan fingerprint density at radius 2 is 0.714 bits per heavy atom. The molecule has 16 heteroatoms. The predicted molar refractivity (Wildman–Crippen MR) is 83.0 cm³/mol. The van der Waals surface area contributed by atoms with E-state index in [1.165, 1.54) is 0 Å². The summed E-state index contributed by atoms with van der Waals surface area (Å²) in [6.45, 7) is 0. The zero-order valence-electron chi connectivity index (χ0n) is 13.5. The van der Waals surface area contributed by atoms with E-state index in [2.05, 4.69) is 19.9 Å². The van der Waals surface area contributed by atoms with Crippen molar-refractivity contribution in [1.29, 1.82) is 0 Å². The van der Waals surface area contributed by atoms with E-state index in [0.717, 1.165) is 0 Å². The summed E-state index contributed by atoms with van der Waals surface area (Å²) in [5.74, 6) is -10.9. The van der Waals surface area contributed by atoms with Crippen molar-refractivity contribution in [2.24, 2.45) is 0 Å². The number of hydrogen-bond acceptors (Lipinski definition) is 8. The largest absolute Gasteiger partial charge is 0.473 e. The maximum absolute atomic E-state index is 9.10. The number of aromatic amines is 2. The van der Waals surface area contributed by atoms with Gasteiger partial charge in [-0.1, -0.05) is 0 Å². The maximum Gasteiger partial charge on any atom is 0.414 e.